The van der Waals surface area contributed by atoms with Gasteiger partial charge >= 0.3 is 0 Å². The van der Waals surface area contributed by atoms with Crippen LogP contribution >= 0.6 is 0 Å². The Morgan fingerprint density at radius 2 is 1.88 bits per heavy atom. The number of hydrogen-bond donors (Lipinski definition) is 1. The standard InChI is InChI=1S/C26H25NO6/c1-5-32-21-14-17(9-11-19(21)31-4)23-22(24(28)20-7-6-12-33-20)25(29)26(30)27(23)18-10-8-15(2)16(3)13-18/h6-14,23,29H,5H2,1-4H3. The van der Waals surface area contributed by atoms with Gasteiger partial charge in [-0.15, -0.1) is 0 Å². The summed E-state index contributed by atoms with van der Waals surface area (Å²) >= 11 is 0. The molecule has 2 aromatic carbocycles. The van der Waals surface area contributed by atoms with Crippen molar-refractivity contribution in [2.45, 2.75) is 26.8 Å². The molecule has 3 aromatic rings. The van der Waals surface area contributed by atoms with Crippen LogP contribution in [0, 0.1) is 13.8 Å². The van der Waals surface area contributed by atoms with Gasteiger partial charge in [0.1, 0.15) is 0 Å². The highest BCUT2D eigenvalue weighted by molar-refractivity contribution is 6.20. The molecule has 1 N–H and O–H groups in total. The summed E-state index contributed by atoms with van der Waals surface area (Å²) in [7, 11) is 1.54. The van der Waals surface area contributed by atoms with Gasteiger partial charge in [0.05, 0.1) is 31.6 Å². The Labute approximate surface area is 191 Å². The largest absolute Gasteiger partial charge is 0.503 e. The Bertz CT molecular complexity index is 1240. The summed E-state index contributed by atoms with van der Waals surface area (Å²) in [4.78, 5) is 28.0. The Kier molecular flexibility index (Phi) is 5.96. The third kappa shape index (κ3) is 3.86. The van der Waals surface area contributed by atoms with Crippen molar-refractivity contribution in [1.29, 1.82) is 0 Å². The number of hydrogen-bond acceptors (Lipinski definition) is 6. The molecule has 2 heterocycles. The Morgan fingerprint density at radius 3 is 2.52 bits per heavy atom. The second-order valence-corrected chi connectivity index (χ2v) is 7.76. The first kappa shape index (κ1) is 22.2. The van der Waals surface area contributed by atoms with Gasteiger partial charge in [0, 0.05) is 5.69 Å². The summed E-state index contributed by atoms with van der Waals surface area (Å²) in [5.41, 5.74) is 3.14. The lowest BCUT2D eigenvalue weighted by atomic mass is 9.94. The number of Topliss-reactive ketones (excluding diaryl/α,β-unsaturated/α-hetero) is 1. The molecule has 7 heteroatoms. The molecular weight excluding hydrogens is 422 g/mol. The van der Waals surface area contributed by atoms with Crippen LogP contribution in [0.15, 0.2) is 70.5 Å². The van der Waals surface area contributed by atoms with E-state index in [0.29, 0.717) is 29.4 Å². The minimum Gasteiger partial charge on any atom is -0.503 e. The highest BCUT2D eigenvalue weighted by Gasteiger charge is 2.45. The van der Waals surface area contributed by atoms with E-state index in [2.05, 4.69) is 0 Å². The number of nitrogens with zero attached hydrogens (tertiary/aromatic N) is 1. The van der Waals surface area contributed by atoms with Crippen LogP contribution in [0.3, 0.4) is 0 Å². The van der Waals surface area contributed by atoms with Crippen molar-refractivity contribution >= 4 is 17.4 Å². The van der Waals surface area contributed by atoms with Crippen molar-refractivity contribution < 1.29 is 28.6 Å². The SMILES string of the molecule is CCOc1cc(C2C(C(=O)c3ccco3)=C(O)C(=O)N2c2ccc(C)c(C)c2)ccc1OC. The van der Waals surface area contributed by atoms with Crippen LogP contribution in [0.4, 0.5) is 5.69 Å². The van der Waals surface area contributed by atoms with Gasteiger partial charge in [0.25, 0.3) is 5.91 Å². The second kappa shape index (κ2) is 8.86. The third-order valence-corrected chi connectivity index (χ3v) is 5.77. The van der Waals surface area contributed by atoms with Crippen molar-refractivity contribution in [3.05, 3.63) is 88.6 Å². The van der Waals surface area contributed by atoms with Crippen molar-refractivity contribution in [3.8, 4) is 11.5 Å². The maximum Gasteiger partial charge on any atom is 0.294 e. The fourth-order valence-corrected chi connectivity index (χ4v) is 3.97. The van der Waals surface area contributed by atoms with Crippen molar-refractivity contribution in [3.63, 3.8) is 0 Å². The summed E-state index contributed by atoms with van der Waals surface area (Å²) in [5.74, 6) is -0.790. The van der Waals surface area contributed by atoms with Gasteiger partial charge in [0.15, 0.2) is 23.0 Å². The van der Waals surface area contributed by atoms with Gasteiger partial charge in [-0.1, -0.05) is 12.1 Å². The van der Waals surface area contributed by atoms with Gasteiger partial charge in [0.2, 0.25) is 5.78 Å². The number of rotatable bonds is 7. The predicted molar refractivity (Wildman–Crippen MR) is 123 cm³/mol. The molecule has 1 aliphatic heterocycles. The Hall–Kier alpha value is -4.00. The highest BCUT2D eigenvalue weighted by Crippen LogP contribution is 2.44. The third-order valence-electron chi connectivity index (χ3n) is 5.77. The van der Waals surface area contributed by atoms with Gasteiger partial charge in [-0.3, -0.25) is 14.5 Å². The highest BCUT2D eigenvalue weighted by atomic mass is 16.5. The lowest BCUT2D eigenvalue weighted by Gasteiger charge is -2.28. The summed E-state index contributed by atoms with van der Waals surface area (Å²) in [5, 5.41) is 10.9. The van der Waals surface area contributed by atoms with E-state index in [4.69, 9.17) is 13.9 Å². The molecule has 7 nitrogen and oxygen atoms in total. The minimum atomic E-state index is -0.887. The molecule has 1 aromatic heterocycles. The number of ketones is 1. The molecular formula is C26H25NO6. The van der Waals surface area contributed by atoms with Crippen LogP contribution in [0.1, 0.15) is 40.2 Å². The van der Waals surface area contributed by atoms with E-state index in [1.807, 2.05) is 32.9 Å². The van der Waals surface area contributed by atoms with Gasteiger partial charge in [-0.2, -0.15) is 0 Å². The molecule has 0 fully saturated rings. The average Bonchev–Trinajstić information content (AvgIpc) is 3.43. The summed E-state index contributed by atoms with van der Waals surface area (Å²) in [6.07, 6.45) is 1.37. The molecule has 0 radical (unpaired) electrons. The number of ether oxygens (including phenoxy) is 2. The smallest absolute Gasteiger partial charge is 0.294 e. The van der Waals surface area contributed by atoms with E-state index in [1.165, 1.54) is 24.3 Å². The van der Waals surface area contributed by atoms with E-state index >= 15 is 0 Å². The lowest BCUT2D eigenvalue weighted by molar-refractivity contribution is -0.117. The molecule has 1 aliphatic rings. The molecule has 0 aliphatic carbocycles. The van der Waals surface area contributed by atoms with E-state index in [1.54, 1.807) is 30.3 Å². The van der Waals surface area contributed by atoms with Crippen molar-refractivity contribution in [1.82, 2.24) is 0 Å². The van der Waals surface area contributed by atoms with Crippen LogP contribution in [-0.4, -0.2) is 30.5 Å². The molecule has 1 atom stereocenters. The number of methoxy groups -OCH3 is 1. The summed E-state index contributed by atoms with van der Waals surface area (Å²) in [6.45, 7) is 6.17. The fraction of sp³-hybridized carbons (Fsp3) is 0.231. The molecule has 170 valence electrons. The zero-order valence-corrected chi connectivity index (χ0v) is 18.9. The number of carbonyl (C=O) groups excluding carboxylic acids is 2. The summed E-state index contributed by atoms with van der Waals surface area (Å²) < 4.78 is 16.4. The normalized spacial score (nSPS) is 15.8. The topological polar surface area (TPSA) is 89.2 Å². The fourth-order valence-electron chi connectivity index (χ4n) is 3.97. The molecule has 0 spiro atoms. The zero-order valence-electron chi connectivity index (χ0n) is 18.9. The van der Waals surface area contributed by atoms with Crippen LogP contribution in [-0.2, 0) is 4.79 Å². The van der Waals surface area contributed by atoms with E-state index < -0.39 is 23.5 Å². The monoisotopic (exact) mass is 447 g/mol. The first-order chi connectivity index (χ1) is 15.9. The number of furan rings is 1. The lowest BCUT2D eigenvalue weighted by Crippen LogP contribution is -2.31. The molecule has 1 unspecified atom stereocenters. The van der Waals surface area contributed by atoms with Gasteiger partial charge in [-0.25, -0.2) is 0 Å². The predicted octanol–water partition coefficient (Wildman–Crippen LogP) is 5.09. The first-order valence-corrected chi connectivity index (χ1v) is 10.6. The number of aryl methyl sites for hydroxylation is 2. The average molecular weight is 447 g/mol. The van der Waals surface area contributed by atoms with Gasteiger partial charge < -0.3 is 19.0 Å². The molecule has 0 saturated heterocycles. The summed E-state index contributed by atoms with van der Waals surface area (Å²) in [6, 6.07) is 13.0. The second-order valence-electron chi connectivity index (χ2n) is 7.76. The van der Waals surface area contributed by atoms with Crippen LogP contribution < -0.4 is 14.4 Å². The quantitative estimate of drug-likeness (QED) is 0.508. The molecule has 33 heavy (non-hydrogen) atoms. The zero-order chi connectivity index (χ0) is 23.7. The molecule has 1 amide bonds. The molecule has 4 rings (SSSR count). The number of carbonyl (C=O) groups is 2. The molecule has 0 saturated carbocycles. The van der Waals surface area contributed by atoms with Crippen LogP contribution in [0.2, 0.25) is 0 Å². The maximum atomic E-state index is 13.3. The number of amides is 1. The Balaban J connectivity index is 1.91. The van der Waals surface area contributed by atoms with E-state index in [0.717, 1.165) is 11.1 Å². The number of benzene rings is 2. The van der Waals surface area contributed by atoms with Gasteiger partial charge in [-0.05, 0) is 73.9 Å². The number of aliphatic hydroxyl groups excluding tert-OH is 1. The minimum absolute atomic E-state index is 0.0369. The maximum absolute atomic E-state index is 13.3. The first-order valence-electron chi connectivity index (χ1n) is 10.6. The number of anilines is 1. The van der Waals surface area contributed by atoms with Crippen LogP contribution in [0.5, 0.6) is 11.5 Å². The van der Waals surface area contributed by atoms with Crippen molar-refractivity contribution in [2.24, 2.45) is 0 Å². The van der Waals surface area contributed by atoms with E-state index in [9.17, 15) is 14.7 Å². The van der Waals surface area contributed by atoms with Crippen molar-refractivity contribution in [2.75, 3.05) is 18.6 Å². The van der Waals surface area contributed by atoms with E-state index in [-0.39, 0.29) is 11.3 Å². The Morgan fingerprint density at radius 1 is 1.09 bits per heavy atom. The number of aliphatic hydroxyl groups is 1. The van der Waals surface area contributed by atoms with Crippen LogP contribution in [0.25, 0.3) is 0 Å². The molecule has 0 bridgehead atoms.